The molecule has 0 aliphatic carbocycles. The Kier molecular flexibility index (Phi) is 9.39. The Labute approximate surface area is 223 Å². The van der Waals surface area contributed by atoms with Crippen LogP contribution in [-0.4, -0.2) is 47.8 Å². The average molecular weight is 540 g/mol. The quantitative estimate of drug-likeness (QED) is 0.313. The highest BCUT2D eigenvalue weighted by atomic mass is 32.1. The van der Waals surface area contributed by atoms with Crippen molar-refractivity contribution in [1.82, 2.24) is 9.69 Å². The lowest BCUT2D eigenvalue weighted by molar-refractivity contribution is -0.143. The van der Waals surface area contributed by atoms with E-state index in [1.165, 1.54) is 4.90 Å². The summed E-state index contributed by atoms with van der Waals surface area (Å²) >= 11 is 0.705. The molecule has 0 saturated carbocycles. The number of benzene rings is 2. The maximum absolute atomic E-state index is 14.0. The first kappa shape index (κ1) is 28.1. The number of ether oxygens (including phenoxy) is 2. The van der Waals surface area contributed by atoms with Crippen molar-refractivity contribution in [3.05, 3.63) is 70.2 Å². The summed E-state index contributed by atoms with van der Waals surface area (Å²) in [6.45, 7) is 5.54. The molecule has 2 aromatic carbocycles. The summed E-state index contributed by atoms with van der Waals surface area (Å²) in [5, 5.41) is 2.56. The van der Waals surface area contributed by atoms with E-state index in [0.717, 1.165) is 5.56 Å². The monoisotopic (exact) mass is 539 g/mol. The van der Waals surface area contributed by atoms with Crippen molar-refractivity contribution < 1.29 is 28.7 Å². The zero-order valence-electron chi connectivity index (χ0n) is 21.2. The van der Waals surface area contributed by atoms with E-state index in [9.17, 15) is 19.2 Å². The topological polar surface area (TPSA) is 167 Å². The summed E-state index contributed by atoms with van der Waals surface area (Å²) < 4.78 is 14.4. The Morgan fingerprint density at radius 1 is 1.08 bits per heavy atom. The Morgan fingerprint density at radius 3 is 2.37 bits per heavy atom. The van der Waals surface area contributed by atoms with Crippen molar-refractivity contribution in [3.63, 3.8) is 0 Å². The fourth-order valence-corrected chi connectivity index (χ4v) is 4.44. The van der Waals surface area contributed by atoms with Gasteiger partial charge < -0.3 is 26.3 Å². The fourth-order valence-electron chi connectivity index (χ4n) is 3.70. The van der Waals surface area contributed by atoms with Crippen molar-refractivity contribution in [2.45, 2.75) is 26.8 Å². The molecule has 1 aromatic heterocycles. The lowest BCUT2D eigenvalue weighted by Crippen LogP contribution is -2.45. The molecule has 0 radical (unpaired) electrons. The van der Waals surface area contributed by atoms with Crippen LogP contribution in [0, 0.1) is 6.92 Å². The van der Waals surface area contributed by atoms with E-state index >= 15 is 0 Å². The molecule has 0 fully saturated rings. The van der Waals surface area contributed by atoms with E-state index in [1.54, 1.807) is 49.4 Å². The number of hydrogen-bond donors (Lipinski definition) is 3. The van der Waals surface area contributed by atoms with E-state index in [1.807, 2.05) is 19.9 Å². The number of nitrogens with one attached hydrogen (secondary N) is 1. The Balaban J connectivity index is 2.15. The van der Waals surface area contributed by atoms with Crippen LogP contribution in [0.3, 0.4) is 0 Å². The van der Waals surface area contributed by atoms with Crippen molar-refractivity contribution in [3.8, 4) is 5.75 Å². The summed E-state index contributed by atoms with van der Waals surface area (Å²) in [5.74, 6) is -2.25. The molecule has 5 N–H and O–H groups in total. The summed E-state index contributed by atoms with van der Waals surface area (Å²) in [4.78, 5) is 52.5. The van der Waals surface area contributed by atoms with Crippen LogP contribution in [0.2, 0.25) is 0 Å². The molecule has 0 aliphatic heterocycles. The summed E-state index contributed by atoms with van der Waals surface area (Å²) in [5.41, 5.74) is 12.7. The van der Waals surface area contributed by atoms with Crippen molar-refractivity contribution in [1.29, 1.82) is 0 Å². The molecule has 11 nitrogen and oxygen atoms in total. The van der Waals surface area contributed by atoms with Gasteiger partial charge in [0.15, 0.2) is 5.69 Å². The molecule has 1 atom stereocenters. The molecule has 0 aliphatic rings. The number of nitrogens with zero attached hydrogens (tertiary/aromatic N) is 2. The third-order valence-corrected chi connectivity index (χ3v) is 6.23. The number of carbonyl (C=O) groups is 4. The average Bonchev–Trinajstić information content (AvgIpc) is 3.28. The first-order valence-corrected chi connectivity index (χ1v) is 12.6. The third kappa shape index (κ3) is 6.45. The van der Waals surface area contributed by atoms with Gasteiger partial charge in [-0.05, 0) is 67.7 Å². The number of aryl methyl sites for hydroxylation is 1. The van der Waals surface area contributed by atoms with E-state index in [-0.39, 0.29) is 22.9 Å². The molecule has 1 heterocycles. The molecule has 0 bridgehead atoms. The molecule has 3 aromatic rings. The van der Waals surface area contributed by atoms with Gasteiger partial charge in [-0.25, -0.2) is 0 Å². The highest BCUT2D eigenvalue weighted by Crippen LogP contribution is 2.34. The molecule has 0 unspecified atom stereocenters. The van der Waals surface area contributed by atoms with Gasteiger partial charge in [0.2, 0.25) is 5.91 Å². The van der Waals surface area contributed by atoms with Gasteiger partial charge >= 0.3 is 5.97 Å². The molecule has 200 valence electrons. The number of rotatable bonds is 11. The number of primary amides is 1. The minimum absolute atomic E-state index is 0.0607. The Bertz CT molecular complexity index is 1320. The number of carbonyl (C=O) groups excluding carboxylic acids is 4. The second-order valence-electron chi connectivity index (χ2n) is 8.08. The van der Waals surface area contributed by atoms with Crippen LogP contribution in [0.4, 0.5) is 11.4 Å². The van der Waals surface area contributed by atoms with Crippen molar-refractivity contribution in [2.24, 2.45) is 5.73 Å². The maximum Gasteiger partial charge on any atom is 0.325 e. The minimum Gasteiger partial charge on any atom is -0.494 e. The van der Waals surface area contributed by atoms with Gasteiger partial charge in [0.25, 0.3) is 11.8 Å². The Hall–Kier alpha value is -4.45. The van der Waals surface area contributed by atoms with Crippen molar-refractivity contribution in [2.75, 3.05) is 30.4 Å². The standard InChI is InChI=1S/C26H29N5O6S/c1-4-36-18-11-9-16(10-12-18)22(25(34)29-14-19(32)37-5-2)31(17-8-6-7-15(3)13-17)26(35)23-20(27)21(24(28)33)30-38-23/h6-13,22H,4-5,14,27H2,1-3H3,(H2,28,33)(H,29,34)/t22-/m0/s1. The predicted octanol–water partition coefficient (Wildman–Crippen LogP) is 2.60. The van der Waals surface area contributed by atoms with Gasteiger partial charge in [-0.15, -0.1) is 0 Å². The second-order valence-corrected chi connectivity index (χ2v) is 8.85. The number of aromatic nitrogens is 1. The van der Waals surface area contributed by atoms with Crippen LogP contribution in [0.5, 0.6) is 5.75 Å². The van der Waals surface area contributed by atoms with E-state index in [2.05, 4.69) is 9.69 Å². The number of anilines is 2. The molecule has 38 heavy (non-hydrogen) atoms. The van der Waals surface area contributed by atoms with E-state index < -0.39 is 36.3 Å². The highest BCUT2D eigenvalue weighted by Gasteiger charge is 2.36. The molecule has 0 saturated heterocycles. The van der Waals surface area contributed by atoms with Gasteiger partial charge in [0.05, 0.1) is 18.9 Å². The van der Waals surface area contributed by atoms with Gasteiger partial charge in [0.1, 0.15) is 23.2 Å². The minimum atomic E-state index is -1.24. The number of nitrogen functional groups attached to an aromatic ring is 1. The lowest BCUT2D eigenvalue weighted by Gasteiger charge is -2.31. The first-order chi connectivity index (χ1) is 18.2. The number of hydrogen-bond acceptors (Lipinski definition) is 9. The zero-order chi connectivity index (χ0) is 27.8. The smallest absolute Gasteiger partial charge is 0.325 e. The van der Waals surface area contributed by atoms with Crippen LogP contribution in [0.1, 0.15) is 51.2 Å². The lowest BCUT2D eigenvalue weighted by atomic mass is 10.0. The van der Waals surface area contributed by atoms with Crippen LogP contribution in [0.25, 0.3) is 0 Å². The Morgan fingerprint density at radius 2 is 1.79 bits per heavy atom. The van der Waals surface area contributed by atoms with Crippen LogP contribution in [0.15, 0.2) is 48.5 Å². The van der Waals surface area contributed by atoms with Crippen LogP contribution in [-0.2, 0) is 14.3 Å². The molecule has 3 rings (SSSR count). The molecular formula is C26H29N5O6S. The predicted molar refractivity (Wildman–Crippen MR) is 143 cm³/mol. The van der Waals surface area contributed by atoms with Crippen LogP contribution >= 0.6 is 11.5 Å². The highest BCUT2D eigenvalue weighted by molar-refractivity contribution is 7.09. The molecule has 3 amide bonds. The maximum atomic E-state index is 14.0. The summed E-state index contributed by atoms with van der Waals surface area (Å²) in [6, 6.07) is 12.4. The summed E-state index contributed by atoms with van der Waals surface area (Å²) in [6.07, 6.45) is 0. The largest absolute Gasteiger partial charge is 0.494 e. The normalized spacial score (nSPS) is 11.3. The van der Waals surface area contributed by atoms with Gasteiger partial charge in [0, 0.05) is 5.69 Å². The van der Waals surface area contributed by atoms with E-state index in [0.29, 0.717) is 35.1 Å². The van der Waals surface area contributed by atoms with Crippen molar-refractivity contribution >= 4 is 46.6 Å². The summed E-state index contributed by atoms with van der Waals surface area (Å²) in [7, 11) is 0. The molecule has 12 heteroatoms. The molecular weight excluding hydrogens is 510 g/mol. The van der Waals surface area contributed by atoms with E-state index in [4.69, 9.17) is 20.9 Å². The SMILES string of the molecule is CCOC(=O)CNC(=O)[C@H](c1ccc(OCC)cc1)N(C(=O)c1snc(C(N)=O)c1N)c1cccc(C)c1. The van der Waals surface area contributed by atoms with Gasteiger partial charge in [-0.3, -0.25) is 24.1 Å². The van der Waals surface area contributed by atoms with Gasteiger partial charge in [-0.2, -0.15) is 4.37 Å². The number of amides is 3. The third-order valence-electron chi connectivity index (χ3n) is 5.38. The van der Waals surface area contributed by atoms with Gasteiger partial charge in [-0.1, -0.05) is 24.3 Å². The second kappa shape index (κ2) is 12.7. The number of esters is 1. The van der Waals surface area contributed by atoms with Crippen LogP contribution < -0.4 is 26.4 Å². The molecule has 0 spiro atoms. The first-order valence-electron chi connectivity index (χ1n) is 11.8. The fraction of sp³-hybridized carbons (Fsp3) is 0.269. The zero-order valence-corrected chi connectivity index (χ0v) is 22.0. The number of nitrogens with two attached hydrogens (primary N) is 2.